The van der Waals surface area contributed by atoms with E-state index in [0.717, 1.165) is 23.2 Å². The molecule has 2 heterocycles. The van der Waals surface area contributed by atoms with Crippen LogP contribution in [0.2, 0.25) is 0 Å². The van der Waals surface area contributed by atoms with Gasteiger partial charge < -0.3 is 10.6 Å². The predicted molar refractivity (Wildman–Crippen MR) is 127 cm³/mol. The first-order chi connectivity index (χ1) is 14.6. The zero-order chi connectivity index (χ0) is 22.2. The Morgan fingerprint density at radius 1 is 1.00 bits per heavy atom. The molecule has 31 heavy (non-hydrogen) atoms. The number of hydrogen-bond acceptors (Lipinski definition) is 6. The van der Waals surface area contributed by atoms with Crippen molar-refractivity contribution in [2.24, 2.45) is 0 Å². The van der Waals surface area contributed by atoms with Crippen LogP contribution in [0.25, 0.3) is 0 Å². The number of aryl methyl sites for hydroxylation is 2. The Morgan fingerprint density at radius 3 is 2.52 bits per heavy atom. The molecule has 0 amide bonds. The van der Waals surface area contributed by atoms with Crippen molar-refractivity contribution in [3.05, 3.63) is 64.3 Å². The number of nitrogens with one attached hydrogen (secondary N) is 3. The second-order valence-corrected chi connectivity index (χ2v) is 11.1. The topological polar surface area (TPSA) is 96.0 Å². The van der Waals surface area contributed by atoms with Crippen LogP contribution < -0.4 is 15.4 Å². The lowest BCUT2D eigenvalue weighted by molar-refractivity contribution is 0.491. The molecule has 162 valence electrons. The molecule has 0 fully saturated rings. The Kier molecular flexibility index (Phi) is 5.76. The van der Waals surface area contributed by atoms with E-state index in [1.807, 2.05) is 39.0 Å². The summed E-state index contributed by atoms with van der Waals surface area (Å²) >= 11 is 3.47. The lowest BCUT2D eigenvalue weighted by Gasteiger charge is -2.21. The lowest BCUT2D eigenvalue weighted by atomic mass is 10.0. The molecule has 4 rings (SSSR count). The van der Waals surface area contributed by atoms with Crippen LogP contribution in [0.15, 0.2) is 58.0 Å². The van der Waals surface area contributed by atoms with Gasteiger partial charge in [0.25, 0.3) is 0 Å². The van der Waals surface area contributed by atoms with Crippen LogP contribution in [-0.2, 0) is 22.9 Å². The molecule has 2 aromatic carbocycles. The first kappa shape index (κ1) is 21.7. The molecule has 6 bridgehead atoms. The summed E-state index contributed by atoms with van der Waals surface area (Å²) in [5, 5.41) is 6.47. The fraction of sp³-hybridized carbons (Fsp3) is 0.273. The van der Waals surface area contributed by atoms with Gasteiger partial charge in [0.05, 0.1) is 9.37 Å². The molecule has 0 spiro atoms. The summed E-state index contributed by atoms with van der Waals surface area (Å²) in [6.45, 7) is 5.47. The maximum atomic E-state index is 13.0. The highest BCUT2D eigenvalue weighted by Crippen LogP contribution is 2.29. The summed E-state index contributed by atoms with van der Waals surface area (Å²) in [6, 6.07) is 13.4. The molecule has 9 heteroatoms. The Hall–Kier alpha value is -2.49. The van der Waals surface area contributed by atoms with Crippen molar-refractivity contribution >= 4 is 49.1 Å². The Labute approximate surface area is 190 Å². The van der Waals surface area contributed by atoms with Gasteiger partial charge in [-0.05, 0) is 91.0 Å². The minimum atomic E-state index is -3.69. The van der Waals surface area contributed by atoms with Gasteiger partial charge in [0.15, 0.2) is 0 Å². The van der Waals surface area contributed by atoms with E-state index in [-0.39, 0.29) is 4.90 Å². The molecule has 3 N–H and O–H groups in total. The molecule has 7 nitrogen and oxygen atoms in total. The van der Waals surface area contributed by atoms with Crippen LogP contribution in [0, 0.1) is 0 Å². The number of rotatable bonds is 2. The number of sulfonamides is 1. The number of benzene rings is 2. The summed E-state index contributed by atoms with van der Waals surface area (Å²) in [7, 11) is -3.69. The summed E-state index contributed by atoms with van der Waals surface area (Å²) in [5.41, 5.74) is 3.01. The summed E-state index contributed by atoms with van der Waals surface area (Å²) < 4.78 is 29.5. The maximum Gasteiger partial charge on any atom is 0.241 e. The van der Waals surface area contributed by atoms with Crippen LogP contribution in [0.4, 0.5) is 23.1 Å². The van der Waals surface area contributed by atoms with Gasteiger partial charge in [0, 0.05) is 23.1 Å². The molecular weight excluding hydrogens is 478 g/mol. The van der Waals surface area contributed by atoms with Gasteiger partial charge >= 0.3 is 0 Å². The van der Waals surface area contributed by atoms with Gasteiger partial charge in [-0.15, -0.1) is 0 Å². The van der Waals surface area contributed by atoms with E-state index in [0.29, 0.717) is 28.3 Å². The van der Waals surface area contributed by atoms with E-state index in [2.05, 4.69) is 53.4 Å². The molecule has 0 aliphatic carbocycles. The molecule has 0 radical (unpaired) electrons. The Bertz CT molecular complexity index is 1240. The minimum absolute atomic E-state index is 0.217. The van der Waals surface area contributed by atoms with Crippen molar-refractivity contribution in [3.8, 4) is 0 Å². The summed E-state index contributed by atoms with van der Waals surface area (Å²) in [6.07, 6.45) is 3.12. The second kappa shape index (κ2) is 8.22. The van der Waals surface area contributed by atoms with E-state index >= 15 is 0 Å². The van der Waals surface area contributed by atoms with Crippen molar-refractivity contribution in [1.82, 2.24) is 14.7 Å². The fourth-order valence-corrected chi connectivity index (χ4v) is 5.17. The zero-order valence-electron chi connectivity index (χ0n) is 17.5. The van der Waals surface area contributed by atoms with Gasteiger partial charge in [0.2, 0.25) is 16.0 Å². The van der Waals surface area contributed by atoms with Crippen molar-refractivity contribution in [1.29, 1.82) is 0 Å². The number of aromatic nitrogens is 2. The van der Waals surface area contributed by atoms with Crippen LogP contribution in [0.5, 0.6) is 0 Å². The quantitative estimate of drug-likeness (QED) is 0.461. The molecule has 1 aliphatic heterocycles. The Morgan fingerprint density at radius 2 is 1.74 bits per heavy atom. The van der Waals surface area contributed by atoms with Crippen molar-refractivity contribution in [3.63, 3.8) is 0 Å². The molecule has 1 aliphatic rings. The highest BCUT2D eigenvalue weighted by atomic mass is 79.9. The Balaban J connectivity index is 1.83. The van der Waals surface area contributed by atoms with Crippen molar-refractivity contribution in [2.45, 2.75) is 44.0 Å². The molecule has 0 saturated heterocycles. The third kappa shape index (κ3) is 5.41. The average molecular weight is 502 g/mol. The van der Waals surface area contributed by atoms with Crippen molar-refractivity contribution in [2.75, 3.05) is 10.6 Å². The van der Waals surface area contributed by atoms with Crippen LogP contribution in [0.3, 0.4) is 0 Å². The van der Waals surface area contributed by atoms with Crippen LogP contribution in [-0.4, -0.2) is 23.9 Å². The normalized spacial score (nSPS) is 13.8. The number of anilines is 4. The first-order valence-corrected chi connectivity index (χ1v) is 12.2. The van der Waals surface area contributed by atoms with E-state index in [1.54, 1.807) is 18.3 Å². The lowest BCUT2D eigenvalue weighted by Crippen LogP contribution is -2.40. The van der Waals surface area contributed by atoms with E-state index in [4.69, 9.17) is 0 Å². The highest BCUT2D eigenvalue weighted by molar-refractivity contribution is 9.10. The van der Waals surface area contributed by atoms with Gasteiger partial charge in [-0.3, -0.25) is 0 Å². The third-order valence-electron chi connectivity index (χ3n) is 4.61. The zero-order valence-corrected chi connectivity index (χ0v) is 19.9. The standard InChI is InChI=1S/C22H24BrN5O2S/c1-22(2,3)28-31(29,30)18-11-15-8-7-14-5-4-6-16(9-14)26-21-24-13-19(23)20(27-21)25-17(10-15)12-18/h4-6,9-13,28H,7-8H2,1-3H3,(H2,24,25,26,27). The number of hydrogen-bond donors (Lipinski definition) is 3. The van der Waals surface area contributed by atoms with Gasteiger partial charge in [-0.25, -0.2) is 18.1 Å². The van der Waals surface area contributed by atoms with E-state index in [9.17, 15) is 8.42 Å². The number of halogens is 1. The maximum absolute atomic E-state index is 13.0. The predicted octanol–water partition coefficient (Wildman–Crippen LogP) is 4.90. The van der Waals surface area contributed by atoms with Crippen molar-refractivity contribution < 1.29 is 8.42 Å². The molecule has 3 aromatic rings. The smallest absolute Gasteiger partial charge is 0.241 e. The van der Waals surface area contributed by atoms with Crippen LogP contribution >= 0.6 is 15.9 Å². The first-order valence-electron chi connectivity index (χ1n) is 9.91. The summed E-state index contributed by atoms with van der Waals surface area (Å²) in [4.78, 5) is 9.09. The SMILES string of the molecule is CC(C)(C)NS(=O)(=O)c1cc2cc(c1)Nc1nc(ncc1Br)Nc1cccc(c1)CC2. The largest absolute Gasteiger partial charge is 0.339 e. The molecular formula is C22H24BrN5O2S. The fourth-order valence-electron chi connectivity index (χ4n) is 3.37. The minimum Gasteiger partial charge on any atom is -0.339 e. The number of nitrogens with zero attached hydrogens (tertiary/aromatic N) is 2. The second-order valence-electron chi connectivity index (χ2n) is 8.56. The third-order valence-corrected chi connectivity index (χ3v) is 6.93. The van der Waals surface area contributed by atoms with Gasteiger partial charge in [0.1, 0.15) is 5.82 Å². The molecule has 0 saturated carbocycles. The molecule has 1 aromatic heterocycles. The average Bonchev–Trinajstić information content (AvgIpc) is 2.67. The highest BCUT2D eigenvalue weighted by Gasteiger charge is 2.23. The van der Waals surface area contributed by atoms with Crippen LogP contribution in [0.1, 0.15) is 31.9 Å². The molecule has 0 atom stereocenters. The van der Waals surface area contributed by atoms with Gasteiger partial charge in [-0.2, -0.15) is 4.98 Å². The summed E-state index contributed by atoms with van der Waals surface area (Å²) in [5.74, 6) is 0.984. The van der Waals surface area contributed by atoms with E-state index in [1.165, 1.54) is 0 Å². The molecule has 0 unspecified atom stereocenters. The monoisotopic (exact) mass is 501 g/mol. The van der Waals surface area contributed by atoms with E-state index < -0.39 is 15.6 Å². The number of fused-ring (bicyclic) bond motifs is 6. The van der Waals surface area contributed by atoms with Gasteiger partial charge in [-0.1, -0.05) is 12.1 Å².